The molecule has 0 radical (unpaired) electrons. The summed E-state index contributed by atoms with van der Waals surface area (Å²) in [5.74, 6) is 1.25. The number of hydrogen-bond donors (Lipinski definition) is 1. The third-order valence-corrected chi connectivity index (χ3v) is 3.38. The zero-order valence-corrected chi connectivity index (χ0v) is 11.5. The highest BCUT2D eigenvalue weighted by Crippen LogP contribution is 2.26. The Labute approximate surface area is 121 Å². The van der Waals surface area contributed by atoms with Gasteiger partial charge in [0.05, 0.1) is 18.2 Å². The molecule has 2 aromatic rings. The molecule has 0 aliphatic carbocycles. The Kier molecular flexibility index (Phi) is 3.66. The molecule has 1 aromatic heterocycles. The van der Waals surface area contributed by atoms with Gasteiger partial charge in [-0.05, 0) is 12.1 Å². The minimum Gasteiger partial charge on any atom is -0.378 e. The van der Waals surface area contributed by atoms with Crippen molar-refractivity contribution in [1.82, 2.24) is 15.0 Å². The minimum absolute atomic E-state index is 0.191. The Morgan fingerprint density at radius 2 is 1.85 bits per heavy atom. The van der Waals surface area contributed by atoms with Gasteiger partial charge in [0.1, 0.15) is 0 Å². The van der Waals surface area contributed by atoms with E-state index in [2.05, 4.69) is 15.0 Å². The quantitative estimate of drug-likeness (QED) is 0.906. The maximum Gasteiger partial charge on any atom is 0.230 e. The second kappa shape index (κ2) is 5.60. The molecule has 7 heteroatoms. The molecule has 1 aliphatic rings. The Balaban J connectivity index is 2.00. The Bertz CT molecular complexity index is 615. The molecule has 1 saturated heterocycles. The normalized spacial score (nSPS) is 15.3. The maximum absolute atomic E-state index is 6.17. The largest absolute Gasteiger partial charge is 0.378 e. The van der Waals surface area contributed by atoms with Gasteiger partial charge in [-0.3, -0.25) is 0 Å². The molecule has 20 heavy (non-hydrogen) atoms. The first-order chi connectivity index (χ1) is 9.74. The predicted octanol–water partition coefficient (Wildman–Crippen LogP) is 1.61. The van der Waals surface area contributed by atoms with Gasteiger partial charge in [0.15, 0.2) is 5.82 Å². The molecular formula is C13H14ClN5O. The van der Waals surface area contributed by atoms with Crippen molar-refractivity contribution >= 4 is 23.5 Å². The number of nitrogens with zero attached hydrogens (tertiary/aromatic N) is 4. The van der Waals surface area contributed by atoms with Gasteiger partial charge in [-0.15, -0.1) is 0 Å². The monoisotopic (exact) mass is 291 g/mol. The molecule has 0 spiro atoms. The smallest absolute Gasteiger partial charge is 0.230 e. The van der Waals surface area contributed by atoms with Gasteiger partial charge in [-0.2, -0.15) is 15.0 Å². The lowest BCUT2D eigenvalue weighted by molar-refractivity contribution is 0.122. The van der Waals surface area contributed by atoms with Crippen LogP contribution in [0, 0.1) is 0 Å². The molecule has 104 valence electrons. The van der Waals surface area contributed by atoms with Crippen molar-refractivity contribution in [1.29, 1.82) is 0 Å². The summed E-state index contributed by atoms with van der Waals surface area (Å²) in [4.78, 5) is 14.9. The number of aromatic nitrogens is 3. The SMILES string of the molecule is Nc1nc(-c2ccccc2Cl)nc(N2CCOCC2)n1. The highest BCUT2D eigenvalue weighted by molar-refractivity contribution is 6.33. The van der Waals surface area contributed by atoms with Crippen molar-refractivity contribution in [2.75, 3.05) is 36.9 Å². The third-order valence-electron chi connectivity index (χ3n) is 3.05. The first-order valence-electron chi connectivity index (χ1n) is 6.33. The van der Waals surface area contributed by atoms with Crippen LogP contribution in [0.1, 0.15) is 0 Å². The number of ether oxygens (including phenoxy) is 1. The summed E-state index contributed by atoms with van der Waals surface area (Å²) >= 11 is 6.17. The molecule has 0 atom stereocenters. The average Bonchev–Trinajstić information content (AvgIpc) is 2.48. The van der Waals surface area contributed by atoms with Crippen LogP contribution in [0.25, 0.3) is 11.4 Å². The second-order valence-corrected chi connectivity index (χ2v) is 4.80. The van der Waals surface area contributed by atoms with Gasteiger partial charge in [-0.1, -0.05) is 23.7 Å². The first-order valence-corrected chi connectivity index (χ1v) is 6.71. The van der Waals surface area contributed by atoms with Crippen molar-refractivity contribution in [3.8, 4) is 11.4 Å². The lowest BCUT2D eigenvalue weighted by Gasteiger charge is -2.26. The summed E-state index contributed by atoms with van der Waals surface area (Å²) in [6.07, 6.45) is 0. The number of anilines is 2. The van der Waals surface area contributed by atoms with E-state index in [1.54, 1.807) is 6.07 Å². The summed E-state index contributed by atoms with van der Waals surface area (Å²) < 4.78 is 5.32. The fourth-order valence-corrected chi connectivity index (χ4v) is 2.27. The van der Waals surface area contributed by atoms with Crippen molar-refractivity contribution in [2.45, 2.75) is 0 Å². The van der Waals surface area contributed by atoms with Crippen molar-refractivity contribution in [3.63, 3.8) is 0 Å². The lowest BCUT2D eigenvalue weighted by atomic mass is 10.2. The van der Waals surface area contributed by atoms with Crippen LogP contribution in [0.2, 0.25) is 5.02 Å². The molecule has 0 amide bonds. The van der Waals surface area contributed by atoms with Crippen molar-refractivity contribution in [2.24, 2.45) is 0 Å². The number of nitrogen functional groups attached to an aromatic ring is 1. The second-order valence-electron chi connectivity index (χ2n) is 4.40. The van der Waals surface area contributed by atoms with Crippen LogP contribution in [-0.4, -0.2) is 41.3 Å². The Morgan fingerprint density at radius 3 is 2.60 bits per heavy atom. The number of hydrogen-bond acceptors (Lipinski definition) is 6. The van der Waals surface area contributed by atoms with Crippen LogP contribution in [-0.2, 0) is 4.74 Å². The van der Waals surface area contributed by atoms with Crippen molar-refractivity contribution < 1.29 is 4.74 Å². The van der Waals surface area contributed by atoms with Gasteiger partial charge in [0, 0.05) is 18.7 Å². The molecule has 1 fully saturated rings. The van der Waals surface area contributed by atoms with E-state index in [1.807, 2.05) is 23.1 Å². The van der Waals surface area contributed by atoms with Gasteiger partial charge in [0.25, 0.3) is 0 Å². The number of nitrogens with two attached hydrogens (primary N) is 1. The van der Waals surface area contributed by atoms with E-state index in [1.165, 1.54) is 0 Å². The number of benzene rings is 1. The molecule has 1 aromatic carbocycles. The highest BCUT2D eigenvalue weighted by atomic mass is 35.5. The summed E-state index contributed by atoms with van der Waals surface area (Å²) in [7, 11) is 0. The van der Waals surface area contributed by atoms with E-state index in [-0.39, 0.29) is 5.95 Å². The van der Waals surface area contributed by atoms with Crippen LogP contribution in [0.3, 0.4) is 0 Å². The van der Waals surface area contributed by atoms with Crippen molar-refractivity contribution in [3.05, 3.63) is 29.3 Å². The molecule has 2 heterocycles. The van der Waals surface area contributed by atoms with E-state index in [0.717, 1.165) is 18.7 Å². The van der Waals surface area contributed by atoms with E-state index < -0.39 is 0 Å². The van der Waals surface area contributed by atoms with Crippen LogP contribution < -0.4 is 10.6 Å². The van der Waals surface area contributed by atoms with E-state index >= 15 is 0 Å². The fraction of sp³-hybridized carbons (Fsp3) is 0.308. The summed E-state index contributed by atoms with van der Waals surface area (Å²) in [6, 6.07) is 7.40. The molecule has 0 unspecified atom stereocenters. The molecule has 3 rings (SSSR count). The molecule has 0 bridgehead atoms. The summed E-state index contributed by atoms with van der Waals surface area (Å²) in [5, 5.41) is 0.589. The topological polar surface area (TPSA) is 77.2 Å². The third kappa shape index (κ3) is 2.66. The Morgan fingerprint density at radius 1 is 1.10 bits per heavy atom. The van der Waals surface area contributed by atoms with Gasteiger partial charge in [0.2, 0.25) is 11.9 Å². The zero-order valence-electron chi connectivity index (χ0n) is 10.8. The predicted molar refractivity (Wildman–Crippen MR) is 77.7 cm³/mol. The number of morpholine rings is 1. The lowest BCUT2D eigenvalue weighted by Crippen LogP contribution is -2.37. The Hall–Kier alpha value is -1.92. The van der Waals surface area contributed by atoms with Crippen LogP contribution in [0.4, 0.5) is 11.9 Å². The van der Waals surface area contributed by atoms with Gasteiger partial charge >= 0.3 is 0 Å². The minimum atomic E-state index is 0.191. The summed E-state index contributed by atoms with van der Waals surface area (Å²) in [5.41, 5.74) is 6.54. The molecule has 0 saturated carbocycles. The van der Waals surface area contributed by atoms with Gasteiger partial charge < -0.3 is 15.4 Å². The molecule has 6 nitrogen and oxygen atoms in total. The fourth-order valence-electron chi connectivity index (χ4n) is 2.05. The zero-order chi connectivity index (χ0) is 13.9. The molecule has 1 aliphatic heterocycles. The van der Waals surface area contributed by atoms with E-state index in [9.17, 15) is 0 Å². The summed E-state index contributed by atoms with van der Waals surface area (Å²) in [6.45, 7) is 2.80. The highest BCUT2D eigenvalue weighted by Gasteiger charge is 2.17. The van der Waals surface area contributed by atoms with Crippen LogP contribution in [0.15, 0.2) is 24.3 Å². The number of rotatable bonds is 2. The first kappa shape index (κ1) is 13.1. The number of halogens is 1. The van der Waals surface area contributed by atoms with Crippen LogP contribution in [0.5, 0.6) is 0 Å². The standard InChI is InChI=1S/C13H14ClN5O/c14-10-4-2-1-3-9(10)11-16-12(15)18-13(17-11)19-5-7-20-8-6-19/h1-4H,5-8H2,(H2,15,16,17,18). The molecular weight excluding hydrogens is 278 g/mol. The van der Waals surface area contributed by atoms with E-state index in [0.29, 0.717) is 30.0 Å². The van der Waals surface area contributed by atoms with Crippen LogP contribution >= 0.6 is 11.6 Å². The maximum atomic E-state index is 6.17. The van der Waals surface area contributed by atoms with Gasteiger partial charge in [-0.25, -0.2) is 0 Å². The van der Waals surface area contributed by atoms with E-state index in [4.69, 9.17) is 22.1 Å². The molecule has 2 N–H and O–H groups in total. The average molecular weight is 292 g/mol.